The smallest absolute Gasteiger partial charge is 0.162 e. The molecule has 1 aliphatic rings. The van der Waals surface area contributed by atoms with Crippen molar-refractivity contribution >= 4 is 18.2 Å². The molecule has 0 saturated heterocycles. The second kappa shape index (κ2) is 10.9. The van der Waals surface area contributed by atoms with Gasteiger partial charge in [0.15, 0.2) is 5.78 Å². The van der Waals surface area contributed by atoms with Crippen LogP contribution in [0.3, 0.4) is 0 Å². The van der Waals surface area contributed by atoms with Crippen molar-refractivity contribution in [2.45, 2.75) is 57.1 Å². The molecule has 3 rings (SSSR count). The van der Waals surface area contributed by atoms with Gasteiger partial charge in [-0.1, -0.05) is 29.8 Å². The Bertz CT molecular complexity index is 786. The molecule has 0 heterocycles. The van der Waals surface area contributed by atoms with Crippen molar-refractivity contribution in [3.8, 4) is 0 Å². The number of benzene rings is 2. The minimum Gasteiger partial charge on any atom is -0.374 e. The molecule has 0 aromatic heterocycles. The van der Waals surface area contributed by atoms with Crippen LogP contribution in [0.5, 0.6) is 0 Å². The standard InChI is InChI=1S/C24H30FNO2.ClH/c1-18-5-3-6-20(17-18)24(28-2)14-12-22(13-15-24)26-16-4-7-23(27)19-8-10-21(25)11-9-19;/h3,5-6,8-11,17,22,26H,4,7,12-16H2,1-2H3;1H. The number of nitrogens with one attached hydrogen (secondary N) is 1. The minimum atomic E-state index is -0.312. The number of rotatable bonds is 8. The lowest BCUT2D eigenvalue weighted by atomic mass is 9.77. The van der Waals surface area contributed by atoms with Crippen LogP contribution in [-0.4, -0.2) is 25.5 Å². The van der Waals surface area contributed by atoms with E-state index in [4.69, 9.17) is 4.74 Å². The summed E-state index contributed by atoms with van der Waals surface area (Å²) in [5.41, 5.74) is 2.95. The molecule has 0 aliphatic heterocycles. The van der Waals surface area contributed by atoms with Gasteiger partial charge in [0, 0.05) is 25.1 Å². The van der Waals surface area contributed by atoms with Crippen LogP contribution in [0.2, 0.25) is 0 Å². The fraction of sp³-hybridized carbons (Fsp3) is 0.458. The first kappa shape index (κ1) is 23.5. The third-order valence-electron chi connectivity index (χ3n) is 5.91. The van der Waals surface area contributed by atoms with Gasteiger partial charge >= 0.3 is 0 Å². The van der Waals surface area contributed by atoms with Gasteiger partial charge in [0.25, 0.3) is 0 Å². The summed E-state index contributed by atoms with van der Waals surface area (Å²) in [5, 5.41) is 3.59. The van der Waals surface area contributed by atoms with E-state index in [1.807, 2.05) is 7.11 Å². The summed E-state index contributed by atoms with van der Waals surface area (Å²) in [6.07, 6.45) is 5.40. The lowest BCUT2D eigenvalue weighted by Gasteiger charge is -2.40. The first-order valence-electron chi connectivity index (χ1n) is 10.2. The van der Waals surface area contributed by atoms with Crippen molar-refractivity contribution in [3.05, 3.63) is 71.0 Å². The van der Waals surface area contributed by atoms with Gasteiger partial charge < -0.3 is 10.1 Å². The van der Waals surface area contributed by atoms with Crippen LogP contribution in [0.1, 0.15) is 60.0 Å². The summed E-state index contributed by atoms with van der Waals surface area (Å²) in [4.78, 5) is 12.1. The Morgan fingerprint density at radius 3 is 2.48 bits per heavy atom. The Morgan fingerprint density at radius 2 is 1.86 bits per heavy atom. The molecular formula is C24H31ClFNO2. The van der Waals surface area contributed by atoms with Crippen LogP contribution < -0.4 is 5.32 Å². The molecule has 2 aromatic rings. The number of carbonyl (C=O) groups is 1. The number of aryl methyl sites for hydroxylation is 1. The topological polar surface area (TPSA) is 38.3 Å². The highest BCUT2D eigenvalue weighted by molar-refractivity contribution is 5.95. The molecular weight excluding hydrogens is 389 g/mol. The van der Waals surface area contributed by atoms with E-state index in [1.165, 1.54) is 23.3 Å². The molecule has 2 aromatic carbocycles. The van der Waals surface area contributed by atoms with Gasteiger partial charge in [-0.05, 0) is 75.4 Å². The van der Waals surface area contributed by atoms with Crippen molar-refractivity contribution in [1.29, 1.82) is 0 Å². The fourth-order valence-electron chi connectivity index (χ4n) is 4.16. The summed E-state index contributed by atoms with van der Waals surface area (Å²) in [6.45, 7) is 2.94. The summed E-state index contributed by atoms with van der Waals surface area (Å²) >= 11 is 0. The zero-order valence-electron chi connectivity index (χ0n) is 17.2. The Hall–Kier alpha value is -1.75. The summed E-state index contributed by atoms with van der Waals surface area (Å²) in [7, 11) is 1.82. The van der Waals surface area contributed by atoms with Gasteiger partial charge in [-0.2, -0.15) is 0 Å². The van der Waals surface area contributed by atoms with Gasteiger partial charge in [0.1, 0.15) is 5.82 Å². The van der Waals surface area contributed by atoms with Crippen LogP contribution in [0.4, 0.5) is 4.39 Å². The third-order valence-corrected chi connectivity index (χ3v) is 5.91. The lowest BCUT2D eigenvalue weighted by molar-refractivity contribution is -0.0500. The van der Waals surface area contributed by atoms with Crippen LogP contribution in [-0.2, 0) is 10.3 Å². The van der Waals surface area contributed by atoms with E-state index in [9.17, 15) is 9.18 Å². The molecule has 1 fully saturated rings. The average Bonchev–Trinajstić information content (AvgIpc) is 2.72. The summed E-state index contributed by atoms with van der Waals surface area (Å²) < 4.78 is 18.9. The van der Waals surface area contributed by atoms with E-state index in [1.54, 1.807) is 12.1 Å². The van der Waals surface area contributed by atoms with Crippen LogP contribution in [0.15, 0.2) is 48.5 Å². The van der Waals surface area contributed by atoms with E-state index in [0.717, 1.165) is 38.6 Å². The van der Waals surface area contributed by atoms with Gasteiger partial charge in [0.2, 0.25) is 0 Å². The van der Waals surface area contributed by atoms with Crippen molar-refractivity contribution in [3.63, 3.8) is 0 Å². The highest BCUT2D eigenvalue weighted by Crippen LogP contribution is 2.40. The average molecular weight is 420 g/mol. The van der Waals surface area contributed by atoms with Crippen molar-refractivity contribution in [1.82, 2.24) is 5.32 Å². The molecule has 0 spiro atoms. The van der Waals surface area contributed by atoms with Crippen molar-refractivity contribution in [2.24, 2.45) is 0 Å². The Morgan fingerprint density at radius 1 is 1.17 bits per heavy atom. The maximum atomic E-state index is 12.9. The largest absolute Gasteiger partial charge is 0.374 e. The van der Waals surface area contributed by atoms with Gasteiger partial charge in [-0.15, -0.1) is 12.4 Å². The predicted octanol–water partition coefficient (Wildman–Crippen LogP) is 5.59. The number of carbonyl (C=O) groups excluding carboxylic acids is 1. The van der Waals surface area contributed by atoms with Gasteiger partial charge in [-0.3, -0.25) is 4.79 Å². The van der Waals surface area contributed by atoms with E-state index in [0.29, 0.717) is 18.0 Å². The van der Waals surface area contributed by atoms with Gasteiger partial charge in [-0.25, -0.2) is 4.39 Å². The molecule has 3 nitrogen and oxygen atoms in total. The quantitative estimate of drug-likeness (QED) is 0.447. The molecule has 1 saturated carbocycles. The Balaban J connectivity index is 0.00000300. The zero-order valence-corrected chi connectivity index (χ0v) is 18.1. The SMILES string of the molecule is COC1(c2cccc(C)c2)CCC(NCCCC(=O)c2ccc(F)cc2)CC1.Cl. The Labute approximate surface area is 179 Å². The monoisotopic (exact) mass is 419 g/mol. The number of hydrogen-bond donors (Lipinski definition) is 1. The molecule has 0 radical (unpaired) electrons. The van der Waals surface area contributed by atoms with Crippen LogP contribution >= 0.6 is 12.4 Å². The first-order chi connectivity index (χ1) is 13.5. The lowest BCUT2D eigenvalue weighted by Crippen LogP contribution is -2.41. The van der Waals surface area contributed by atoms with Crippen molar-refractivity contribution in [2.75, 3.05) is 13.7 Å². The van der Waals surface area contributed by atoms with E-state index >= 15 is 0 Å². The molecule has 29 heavy (non-hydrogen) atoms. The highest BCUT2D eigenvalue weighted by atomic mass is 35.5. The number of hydrogen-bond acceptors (Lipinski definition) is 3. The first-order valence-corrected chi connectivity index (χ1v) is 10.2. The minimum absolute atomic E-state index is 0. The molecule has 0 unspecified atom stereocenters. The molecule has 1 aliphatic carbocycles. The summed E-state index contributed by atoms with van der Waals surface area (Å²) in [5.74, 6) is -0.239. The van der Waals surface area contributed by atoms with Gasteiger partial charge in [0.05, 0.1) is 5.60 Å². The van der Waals surface area contributed by atoms with E-state index in [-0.39, 0.29) is 29.6 Å². The van der Waals surface area contributed by atoms with E-state index < -0.39 is 0 Å². The molecule has 1 N–H and O–H groups in total. The molecule has 0 amide bonds. The maximum absolute atomic E-state index is 12.9. The number of ketones is 1. The third kappa shape index (κ3) is 6.11. The van der Waals surface area contributed by atoms with Crippen molar-refractivity contribution < 1.29 is 13.9 Å². The van der Waals surface area contributed by atoms with E-state index in [2.05, 4.69) is 36.5 Å². The molecule has 158 valence electrons. The fourth-order valence-corrected chi connectivity index (χ4v) is 4.16. The van der Waals surface area contributed by atoms with Crippen LogP contribution in [0, 0.1) is 12.7 Å². The predicted molar refractivity (Wildman–Crippen MR) is 117 cm³/mol. The number of ether oxygens (including phenoxy) is 1. The molecule has 0 atom stereocenters. The number of halogens is 2. The molecule has 5 heteroatoms. The Kier molecular flexibility index (Phi) is 8.81. The second-order valence-corrected chi connectivity index (χ2v) is 7.83. The highest BCUT2D eigenvalue weighted by Gasteiger charge is 2.36. The summed E-state index contributed by atoms with van der Waals surface area (Å²) in [6, 6.07) is 14.9. The maximum Gasteiger partial charge on any atom is 0.162 e. The number of methoxy groups -OCH3 is 1. The normalized spacial score (nSPS) is 21.4. The van der Waals surface area contributed by atoms with Crippen LogP contribution in [0.25, 0.3) is 0 Å². The molecule has 0 bridgehead atoms. The number of Topliss-reactive ketones (excluding diaryl/α,β-unsaturated/α-hetero) is 1. The zero-order chi connectivity index (χ0) is 20.0. The second-order valence-electron chi connectivity index (χ2n) is 7.83.